The molecule has 6 rings (SSSR count). The zero-order chi connectivity index (χ0) is 20.5. The Morgan fingerprint density at radius 2 is 1.80 bits per heavy atom. The number of carbonyl (C=O) groups excluding carboxylic acids is 1. The number of benzene rings is 2. The molecule has 0 radical (unpaired) electrons. The molecule has 0 saturated heterocycles. The van der Waals surface area contributed by atoms with E-state index >= 15 is 0 Å². The number of amides is 1. The van der Waals surface area contributed by atoms with Crippen molar-refractivity contribution in [2.45, 2.75) is 12.5 Å². The van der Waals surface area contributed by atoms with Crippen molar-refractivity contribution in [3.63, 3.8) is 0 Å². The van der Waals surface area contributed by atoms with E-state index in [9.17, 15) is 4.79 Å². The number of hydrogen-bond acceptors (Lipinski definition) is 5. The number of fused-ring (bicyclic) bond motifs is 6. The summed E-state index contributed by atoms with van der Waals surface area (Å²) >= 11 is 6.25. The molecule has 0 bridgehead atoms. The van der Waals surface area contributed by atoms with E-state index in [-0.39, 0.29) is 11.1 Å². The van der Waals surface area contributed by atoms with Crippen LogP contribution in [-0.4, -0.2) is 31.7 Å². The van der Waals surface area contributed by atoms with Crippen molar-refractivity contribution in [1.29, 1.82) is 0 Å². The number of allylic oxidation sites excluding steroid dienone is 1. The van der Waals surface area contributed by atoms with Crippen LogP contribution in [0.2, 0.25) is 0 Å². The van der Waals surface area contributed by atoms with E-state index in [1.54, 1.807) is 21.8 Å². The average Bonchev–Trinajstić information content (AvgIpc) is 3.24. The fourth-order valence-electron chi connectivity index (χ4n) is 4.43. The van der Waals surface area contributed by atoms with Crippen molar-refractivity contribution in [2.24, 2.45) is 10.1 Å². The van der Waals surface area contributed by atoms with E-state index < -0.39 is 5.54 Å². The largest absolute Gasteiger partial charge is 0.323 e. The highest BCUT2D eigenvalue weighted by atomic mass is 35.5. The number of carbonyl (C=O) groups is 1. The number of anilines is 1. The van der Waals surface area contributed by atoms with Crippen LogP contribution < -0.4 is 5.32 Å². The number of halogens is 1. The van der Waals surface area contributed by atoms with Crippen LogP contribution >= 0.6 is 11.6 Å². The highest BCUT2D eigenvalue weighted by Gasteiger charge is 2.59. The quantitative estimate of drug-likeness (QED) is 0.657. The summed E-state index contributed by atoms with van der Waals surface area (Å²) in [5.74, 6) is 0.919. The van der Waals surface area contributed by atoms with Crippen LogP contribution in [0.15, 0.2) is 76.8 Å². The second-order valence-corrected chi connectivity index (χ2v) is 7.67. The minimum Gasteiger partial charge on any atom is -0.323 e. The monoisotopic (exact) mass is 414 g/mol. The molecule has 2 aromatic carbocycles. The van der Waals surface area contributed by atoms with E-state index in [2.05, 4.69) is 10.4 Å². The molecule has 0 aliphatic carbocycles. The van der Waals surface area contributed by atoms with Gasteiger partial charge in [0, 0.05) is 11.3 Å². The third-order valence-corrected chi connectivity index (χ3v) is 5.81. The Morgan fingerprint density at radius 3 is 2.63 bits per heavy atom. The Kier molecular flexibility index (Phi) is 3.38. The van der Waals surface area contributed by atoms with Crippen molar-refractivity contribution < 1.29 is 4.79 Å². The summed E-state index contributed by atoms with van der Waals surface area (Å²) in [6.45, 7) is 1.89. The van der Waals surface area contributed by atoms with Crippen molar-refractivity contribution in [3.8, 4) is 5.69 Å². The molecule has 0 saturated carbocycles. The highest BCUT2D eigenvalue weighted by Crippen LogP contribution is 2.52. The summed E-state index contributed by atoms with van der Waals surface area (Å²) in [6, 6.07) is 17.4. The first-order valence-electron chi connectivity index (χ1n) is 9.48. The highest BCUT2D eigenvalue weighted by molar-refractivity contribution is 6.68. The standard InChI is InChI=1S/C22H15ClN6O/c1-13-19-20(28(26-13)14-7-3-2-4-8-14)25-18-12-11-17(23)27-29(18)22(19)15-9-5-6-10-16(15)24-21(22)30/h2-12H,1H3,(H,24,30). The van der Waals surface area contributed by atoms with E-state index in [0.29, 0.717) is 22.9 Å². The number of amidine groups is 1. The zero-order valence-electron chi connectivity index (χ0n) is 15.9. The molecule has 3 aliphatic heterocycles. The summed E-state index contributed by atoms with van der Waals surface area (Å²) in [5.41, 5.74) is 2.55. The second kappa shape index (κ2) is 5.90. The van der Waals surface area contributed by atoms with E-state index in [1.165, 1.54) is 0 Å². The fourth-order valence-corrected chi connectivity index (χ4v) is 4.57. The molecular formula is C22H15ClN6O. The number of aliphatic imine (C=N–C) groups is 1. The Balaban J connectivity index is 1.74. The maximum Gasteiger partial charge on any atom is 0.262 e. The first-order valence-corrected chi connectivity index (χ1v) is 9.86. The average molecular weight is 415 g/mol. The van der Waals surface area contributed by atoms with Crippen LogP contribution in [0.25, 0.3) is 5.69 Å². The molecule has 1 N–H and O–H groups in total. The third-order valence-electron chi connectivity index (χ3n) is 5.61. The molecule has 146 valence electrons. The molecule has 3 aliphatic rings. The van der Waals surface area contributed by atoms with Gasteiger partial charge in [-0.1, -0.05) is 48.0 Å². The van der Waals surface area contributed by atoms with Gasteiger partial charge in [-0.25, -0.2) is 14.7 Å². The lowest BCUT2D eigenvalue weighted by molar-refractivity contribution is -0.123. The van der Waals surface area contributed by atoms with E-state index in [4.69, 9.17) is 21.7 Å². The van der Waals surface area contributed by atoms with Crippen LogP contribution in [0, 0.1) is 6.92 Å². The maximum absolute atomic E-state index is 13.6. The molecule has 8 heteroatoms. The minimum atomic E-state index is -1.25. The Hall–Kier alpha value is -3.71. The SMILES string of the molecule is Cc1nn(-c2ccccc2)c2c1C1(C(=O)Nc3ccccc31)N1N=C(Cl)C=CC1=N2. The molecule has 1 atom stereocenters. The lowest BCUT2D eigenvalue weighted by Gasteiger charge is -2.40. The van der Waals surface area contributed by atoms with Gasteiger partial charge in [0.2, 0.25) is 5.54 Å². The zero-order valence-corrected chi connectivity index (χ0v) is 16.6. The first-order chi connectivity index (χ1) is 14.6. The molecule has 0 fully saturated rings. The summed E-state index contributed by atoms with van der Waals surface area (Å²) in [4.78, 5) is 18.5. The van der Waals surface area contributed by atoms with Gasteiger partial charge in [-0.2, -0.15) is 10.2 Å². The first kappa shape index (κ1) is 17.2. The molecular weight excluding hydrogens is 400 g/mol. The van der Waals surface area contributed by atoms with Gasteiger partial charge in [-0.3, -0.25) is 4.79 Å². The molecule has 30 heavy (non-hydrogen) atoms. The Morgan fingerprint density at radius 1 is 1.03 bits per heavy atom. The van der Waals surface area contributed by atoms with E-state index in [1.807, 2.05) is 61.5 Å². The van der Waals surface area contributed by atoms with Gasteiger partial charge < -0.3 is 5.32 Å². The molecule has 7 nitrogen and oxygen atoms in total. The van der Waals surface area contributed by atoms with Gasteiger partial charge in [0.1, 0.15) is 5.17 Å². The van der Waals surface area contributed by atoms with Gasteiger partial charge in [0.25, 0.3) is 5.91 Å². The number of aromatic nitrogens is 2. The van der Waals surface area contributed by atoms with Crippen molar-refractivity contribution in [2.75, 3.05) is 5.32 Å². The molecule has 3 aromatic rings. The second-order valence-electron chi connectivity index (χ2n) is 7.28. The Bertz CT molecular complexity index is 1320. The van der Waals surface area contributed by atoms with Crippen molar-refractivity contribution in [1.82, 2.24) is 14.8 Å². The van der Waals surface area contributed by atoms with Crippen molar-refractivity contribution in [3.05, 3.63) is 83.6 Å². The summed E-state index contributed by atoms with van der Waals surface area (Å²) in [7, 11) is 0. The summed E-state index contributed by atoms with van der Waals surface area (Å²) in [6.07, 6.45) is 3.44. The smallest absolute Gasteiger partial charge is 0.262 e. The van der Waals surface area contributed by atoms with Gasteiger partial charge in [-0.05, 0) is 37.3 Å². The number of nitrogens with one attached hydrogen (secondary N) is 1. The molecule has 1 spiro atoms. The number of aryl methyl sites for hydroxylation is 1. The van der Waals surface area contributed by atoms with Crippen LogP contribution in [-0.2, 0) is 10.3 Å². The van der Waals surface area contributed by atoms with Gasteiger partial charge in [0.05, 0.1) is 16.9 Å². The van der Waals surface area contributed by atoms with Gasteiger partial charge >= 0.3 is 0 Å². The van der Waals surface area contributed by atoms with Crippen LogP contribution in [0.5, 0.6) is 0 Å². The Labute approximate surface area is 177 Å². The van der Waals surface area contributed by atoms with Gasteiger partial charge in [-0.15, -0.1) is 0 Å². The molecule has 1 aromatic heterocycles. The number of hydrazone groups is 1. The lowest BCUT2D eigenvalue weighted by Crippen LogP contribution is -2.54. The summed E-state index contributed by atoms with van der Waals surface area (Å²) < 4.78 is 1.78. The van der Waals surface area contributed by atoms with E-state index in [0.717, 1.165) is 16.9 Å². The topological polar surface area (TPSA) is 74.9 Å². The molecule has 4 heterocycles. The molecule has 1 amide bonds. The minimum absolute atomic E-state index is 0.212. The van der Waals surface area contributed by atoms with Crippen molar-refractivity contribution >= 4 is 40.0 Å². The number of rotatable bonds is 1. The van der Waals surface area contributed by atoms with Crippen LogP contribution in [0.3, 0.4) is 0 Å². The maximum atomic E-state index is 13.6. The fraction of sp³-hybridized carbons (Fsp3) is 0.0909. The van der Waals surface area contributed by atoms with Crippen LogP contribution in [0.4, 0.5) is 11.5 Å². The lowest BCUT2D eigenvalue weighted by atomic mass is 9.81. The number of nitrogens with zero attached hydrogens (tertiary/aromatic N) is 5. The number of para-hydroxylation sites is 2. The number of hydrogen-bond donors (Lipinski definition) is 1. The normalized spacial score (nSPS) is 21.0. The predicted octanol–water partition coefficient (Wildman–Crippen LogP) is 3.84. The molecule has 1 unspecified atom stereocenters. The summed E-state index contributed by atoms with van der Waals surface area (Å²) in [5, 5.41) is 14.2. The third kappa shape index (κ3) is 2.04. The van der Waals surface area contributed by atoms with Gasteiger partial charge in [0.15, 0.2) is 11.7 Å². The van der Waals surface area contributed by atoms with Crippen LogP contribution in [0.1, 0.15) is 16.8 Å². The predicted molar refractivity (Wildman–Crippen MR) is 116 cm³/mol.